The molecule has 2 aromatic rings. The number of nitrogens with one attached hydrogen (secondary N) is 1. The normalized spacial score (nSPS) is 14.1. The maximum absolute atomic E-state index is 12.4. The second-order valence-electron chi connectivity index (χ2n) is 6.19. The molecule has 6 nitrogen and oxygen atoms in total. The zero-order valence-electron chi connectivity index (χ0n) is 15.5. The van der Waals surface area contributed by atoms with Crippen LogP contribution in [-0.4, -0.2) is 50.1 Å². The fraction of sp³-hybridized carbons (Fsp3) is 0.238. The summed E-state index contributed by atoms with van der Waals surface area (Å²) in [5.41, 5.74) is 2.00. The van der Waals surface area contributed by atoms with E-state index in [1.807, 2.05) is 18.2 Å². The Morgan fingerprint density at radius 3 is 2.54 bits per heavy atom. The lowest BCUT2D eigenvalue weighted by atomic mass is 10.1. The molecule has 1 fully saturated rings. The molecule has 1 aliphatic heterocycles. The average molecular weight is 445 g/mol. The second kappa shape index (κ2) is 9.52. The van der Waals surface area contributed by atoms with Gasteiger partial charge in [0.1, 0.15) is 5.75 Å². The molecule has 0 atom stereocenters. The van der Waals surface area contributed by atoms with Crippen molar-refractivity contribution in [1.29, 1.82) is 0 Å². The van der Waals surface area contributed by atoms with E-state index in [2.05, 4.69) is 21.2 Å². The highest BCUT2D eigenvalue weighted by Crippen LogP contribution is 2.24. The number of rotatable bonds is 5. The molecule has 146 valence electrons. The number of morpholine rings is 1. The molecule has 0 aliphatic carbocycles. The first-order valence-electron chi connectivity index (χ1n) is 8.86. The number of nitrogens with zero attached hydrogens (tertiary/aromatic N) is 1. The number of methoxy groups -OCH3 is 1. The molecule has 0 bridgehead atoms. The van der Waals surface area contributed by atoms with Crippen molar-refractivity contribution in [2.24, 2.45) is 0 Å². The van der Waals surface area contributed by atoms with Crippen molar-refractivity contribution in [2.75, 3.05) is 38.7 Å². The Bertz CT molecular complexity index is 874. The Balaban J connectivity index is 1.61. The number of amides is 2. The predicted octanol–water partition coefficient (Wildman–Crippen LogP) is 3.58. The monoisotopic (exact) mass is 444 g/mol. The minimum Gasteiger partial charge on any atom is -0.496 e. The van der Waals surface area contributed by atoms with Gasteiger partial charge in [-0.05, 0) is 48.5 Å². The number of anilines is 1. The maximum Gasteiger partial charge on any atom is 0.254 e. The Morgan fingerprint density at radius 2 is 1.86 bits per heavy atom. The molecular weight excluding hydrogens is 424 g/mol. The van der Waals surface area contributed by atoms with Crippen molar-refractivity contribution >= 4 is 39.5 Å². The quantitative estimate of drug-likeness (QED) is 0.715. The SMILES string of the molecule is COc1ccc(Br)cc1/C=C/C(=O)Nc1ccc(C(=O)N2CCOCC2)cc1. The molecule has 0 saturated carbocycles. The van der Waals surface area contributed by atoms with E-state index in [0.29, 0.717) is 43.3 Å². The fourth-order valence-corrected chi connectivity index (χ4v) is 3.21. The zero-order chi connectivity index (χ0) is 19.9. The smallest absolute Gasteiger partial charge is 0.254 e. The summed E-state index contributed by atoms with van der Waals surface area (Å²) >= 11 is 3.41. The van der Waals surface area contributed by atoms with Gasteiger partial charge in [-0.3, -0.25) is 9.59 Å². The average Bonchev–Trinajstić information content (AvgIpc) is 2.73. The number of carbonyl (C=O) groups excluding carboxylic acids is 2. The molecule has 0 spiro atoms. The predicted molar refractivity (Wildman–Crippen MR) is 112 cm³/mol. The summed E-state index contributed by atoms with van der Waals surface area (Å²) in [5.74, 6) is 0.385. The van der Waals surface area contributed by atoms with Gasteiger partial charge in [0.2, 0.25) is 5.91 Å². The standard InChI is InChI=1S/C21H21BrN2O4/c1-27-19-8-5-17(22)14-16(19)4-9-20(25)23-18-6-2-15(3-7-18)21(26)24-10-12-28-13-11-24/h2-9,14H,10-13H2,1H3,(H,23,25)/b9-4+. The highest BCUT2D eigenvalue weighted by atomic mass is 79.9. The third-order valence-electron chi connectivity index (χ3n) is 4.30. The van der Waals surface area contributed by atoms with Crippen molar-refractivity contribution in [3.8, 4) is 5.75 Å². The summed E-state index contributed by atoms with van der Waals surface area (Å²) in [4.78, 5) is 26.4. The Morgan fingerprint density at radius 1 is 1.14 bits per heavy atom. The van der Waals surface area contributed by atoms with Gasteiger partial charge in [-0.15, -0.1) is 0 Å². The van der Waals surface area contributed by atoms with Crippen LogP contribution in [0.25, 0.3) is 6.08 Å². The number of benzene rings is 2. The first kappa shape index (κ1) is 20.1. The largest absolute Gasteiger partial charge is 0.496 e. The molecule has 7 heteroatoms. The fourth-order valence-electron chi connectivity index (χ4n) is 2.83. The molecule has 2 amide bonds. The summed E-state index contributed by atoms with van der Waals surface area (Å²) in [6.07, 6.45) is 3.13. The number of ether oxygens (including phenoxy) is 2. The van der Waals surface area contributed by atoms with Crippen LogP contribution in [0.5, 0.6) is 5.75 Å². The summed E-state index contributed by atoms with van der Waals surface area (Å²) < 4.78 is 11.5. The van der Waals surface area contributed by atoms with Gasteiger partial charge in [0.25, 0.3) is 5.91 Å². The first-order valence-corrected chi connectivity index (χ1v) is 9.66. The zero-order valence-corrected chi connectivity index (χ0v) is 17.1. The van der Waals surface area contributed by atoms with Crippen molar-refractivity contribution in [3.05, 3.63) is 64.1 Å². The van der Waals surface area contributed by atoms with Crippen LogP contribution in [0.2, 0.25) is 0 Å². The molecule has 0 unspecified atom stereocenters. The number of hydrogen-bond acceptors (Lipinski definition) is 4. The van der Waals surface area contributed by atoms with Crippen LogP contribution in [0.3, 0.4) is 0 Å². The van der Waals surface area contributed by atoms with Crippen molar-refractivity contribution < 1.29 is 19.1 Å². The third-order valence-corrected chi connectivity index (χ3v) is 4.80. The molecule has 0 radical (unpaired) electrons. The Kier molecular flexibility index (Phi) is 6.84. The molecule has 1 aliphatic rings. The highest BCUT2D eigenvalue weighted by molar-refractivity contribution is 9.10. The van der Waals surface area contributed by atoms with Crippen molar-refractivity contribution in [2.45, 2.75) is 0 Å². The maximum atomic E-state index is 12.4. The molecule has 28 heavy (non-hydrogen) atoms. The van der Waals surface area contributed by atoms with Gasteiger partial charge in [0.15, 0.2) is 0 Å². The van der Waals surface area contributed by atoms with E-state index in [0.717, 1.165) is 10.0 Å². The molecule has 2 aromatic carbocycles. The molecule has 3 rings (SSSR count). The number of carbonyl (C=O) groups is 2. The van der Waals surface area contributed by atoms with Crippen LogP contribution in [0.1, 0.15) is 15.9 Å². The van der Waals surface area contributed by atoms with Crippen molar-refractivity contribution in [3.63, 3.8) is 0 Å². The molecule has 0 aromatic heterocycles. The van der Waals surface area contributed by atoms with Gasteiger partial charge in [-0.25, -0.2) is 0 Å². The Hall–Kier alpha value is -2.64. The van der Waals surface area contributed by atoms with Gasteiger partial charge in [-0.2, -0.15) is 0 Å². The lowest BCUT2D eigenvalue weighted by Crippen LogP contribution is -2.40. The lowest BCUT2D eigenvalue weighted by molar-refractivity contribution is -0.111. The molecule has 1 N–H and O–H groups in total. The molecule has 1 saturated heterocycles. The van der Waals surface area contributed by atoms with E-state index in [4.69, 9.17) is 9.47 Å². The van der Waals surface area contributed by atoms with E-state index in [9.17, 15) is 9.59 Å². The number of halogens is 1. The minimum atomic E-state index is -0.269. The minimum absolute atomic E-state index is 0.0252. The van der Waals surface area contributed by atoms with Crippen LogP contribution >= 0.6 is 15.9 Å². The van der Waals surface area contributed by atoms with E-state index in [1.165, 1.54) is 6.08 Å². The summed E-state index contributed by atoms with van der Waals surface area (Å²) in [6, 6.07) is 12.4. The summed E-state index contributed by atoms with van der Waals surface area (Å²) in [6.45, 7) is 2.33. The second-order valence-corrected chi connectivity index (χ2v) is 7.11. The van der Waals surface area contributed by atoms with E-state index in [1.54, 1.807) is 42.4 Å². The molecule has 1 heterocycles. The van der Waals surface area contributed by atoms with Gasteiger partial charge in [0, 0.05) is 40.5 Å². The van der Waals surface area contributed by atoms with E-state index in [-0.39, 0.29) is 11.8 Å². The van der Waals surface area contributed by atoms with Crippen LogP contribution < -0.4 is 10.1 Å². The van der Waals surface area contributed by atoms with Crippen LogP contribution in [0.15, 0.2) is 53.0 Å². The van der Waals surface area contributed by atoms with Gasteiger partial charge in [0.05, 0.1) is 20.3 Å². The first-order chi connectivity index (χ1) is 13.6. The lowest BCUT2D eigenvalue weighted by Gasteiger charge is -2.26. The van der Waals surface area contributed by atoms with Crippen LogP contribution in [0, 0.1) is 0 Å². The van der Waals surface area contributed by atoms with Crippen molar-refractivity contribution in [1.82, 2.24) is 4.90 Å². The summed E-state index contributed by atoms with van der Waals surface area (Å²) in [7, 11) is 1.58. The summed E-state index contributed by atoms with van der Waals surface area (Å²) in [5, 5.41) is 2.79. The van der Waals surface area contributed by atoms with Gasteiger partial charge in [-0.1, -0.05) is 15.9 Å². The van der Waals surface area contributed by atoms with E-state index < -0.39 is 0 Å². The van der Waals surface area contributed by atoms with Crippen LogP contribution in [-0.2, 0) is 9.53 Å². The van der Waals surface area contributed by atoms with E-state index >= 15 is 0 Å². The molecular formula is C21H21BrN2O4. The number of hydrogen-bond donors (Lipinski definition) is 1. The van der Waals surface area contributed by atoms with Gasteiger partial charge < -0.3 is 19.7 Å². The highest BCUT2D eigenvalue weighted by Gasteiger charge is 2.18. The Labute approximate surface area is 172 Å². The van der Waals surface area contributed by atoms with Crippen LogP contribution in [0.4, 0.5) is 5.69 Å². The third kappa shape index (κ3) is 5.21. The topological polar surface area (TPSA) is 67.9 Å². The van der Waals surface area contributed by atoms with Gasteiger partial charge >= 0.3 is 0 Å².